The average Bonchev–Trinajstić information content (AvgIpc) is 3.32. The number of aromatic amines is 1. The summed E-state index contributed by atoms with van der Waals surface area (Å²) in [4.78, 5) is 12.5. The average molecular weight is 304 g/mol. The molecular formula is C19H20N4. The number of H-pyrrole nitrogens is 1. The first-order chi connectivity index (χ1) is 11.3. The molecule has 2 aromatic heterocycles. The van der Waals surface area contributed by atoms with Gasteiger partial charge in [0.1, 0.15) is 0 Å². The number of hydrogen-bond acceptors (Lipinski definition) is 3. The van der Waals surface area contributed by atoms with Crippen molar-refractivity contribution in [2.75, 3.05) is 5.73 Å². The van der Waals surface area contributed by atoms with Crippen LogP contribution in [0.4, 0.5) is 5.95 Å². The zero-order valence-electron chi connectivity index (χ0n) is 13.1. The molecule has 2 aliphatic carbocycles. The highest BCUT2D eigenvalue weighted by molar-refractivity contribution is 5.98. The van der Waals surface area contributed by atoms with Gasteiger partial charge in [0.15, 0.2) is 0 Å². The number of aryl methyl sites for hydroxylation is 2. The van der Waals surface area contributed by atoms with Crippen molar-refractivity contribution in [3.05, 3.63) is 41.2 Å². The summed E-state index contributed by atoms with van der Waals surface area (Å²) in [6.45, 7) is 0. The quantitative estimate of drug-likeness (QED) is 0.715. The summed E-state index contributed by atoms with van der Waals surface area (Å²) in [5.41, 5.74) is 13.4. The summed E-state index contributed by atoms with van der Waals surface area (Å²) in [6.07, 6.45) is 9.03. The Morgan fingerprint density at radius 3 is 2.87 bits per heavy atom. The Morgan fingerprint density at radius 2 is 2.00 bits per heavy atom. The Labute approximate surface area is 135 Å². The predicted octanol–water partition coefficient (Wildman–Crippen LogP) is 3.96. The van der Waals surface area contributed by atoms with Crippen molar-refractivity contribution in [1.29, 1.82) is 0 Å². The van der Waals surface area contributed by atoms with Gasteiger partial charge in [0.05, 0.1) is 5.69 Å². The van der Waals surface area contributed by atoms with Crippen LogP contribution in [0.5, 0.6) is 0 Å². The molecule has 0 atom stereocenters. The maximum atomic E-state index is 5.90. The van der Waals surface area contributed by atoms with E-state index in [1.807, 2.05) is 6.20 Å². The normalized spacial score (nSPS) is 17.4. The van der Waals surface area contributed by atoms with Crippen molar-refractivity contribution in [3.8, 4) is 11.3 Å². The highest BCUT2D eigenvalue weighted by Crippen LogP contribution is 2.43. The highest BCUT2D eigenvalue weighted by atomic mass is 15.0. The van der Waals surface area contributed by atoms with E-state index in [0.29, 0.717) is 5.95 Å². The molecule has 23 heavy (non-hydrogen) atoms. The molecule has 1 aromatic carbocycles. The first-order valence-corrected chi connectivity index (χ1v) is 8.56. The summed E-state index contributed by atoms with van der Waals surface area (Å²) < 4.78 is 0. The third-order valence-electron chi connectivity index (χ3n) is 5.19. The number of nitrogens with one attached hydrogen (secondary N) is 1. The molecule has 4 heteroatoms. The molecule has 0 saturated heterocycles. The Balaban J connectivity index is 1.81. The van der Waals surface area contributed by atoms with Crippen molar-refractivity contribution in [1.82, 2.24) is 15.0 Å². The Morgan fingerprint density at radius 1 is 1.13 bits per heavy atom. The van der Waals surface area contributed by atoms with Crippen LogP contribution in [-0.4, -0.2) is 15.0 Å². The Hall–Kier alpha value is -2.36. The predicted molar refractivity (Wildman–Crippen MR) is 92.4 cm³/mol. The molecule has 0 radical (unpaired) electrons. The number of anilines is 1. The number of benzene rings is 1. The number of hydrogen-bond donors (Lipinski definition) is 2. The molecule has 4 nitrogen and oxygen atoms in total. The fourth-order valence-electron chi connectivity index (χ4n) is 3.83. The second-order valence-electron chi connectivity index (χ2n) is 6.87. The van der Waals surface area contributed by atoms with Crippen LogP contribution in [0.3, 0.4) is 0 Å². The zero-order valence-corrected chi connectivity index (χ0v) is 13.1. The summed E-state index contributed by atoms with van der Waals surface area (Å²) in [6, 6.07) is 6.88. The van der Waals surface area contributed by atoms with E-state index in [0.717, 1.165) is 24.5 Å². The molecule has 0 spiro atoms. The number of nitrogens with zero attached hydrogens (tertiary/aromatic N) is 2. The fourth-order valence-corrected chi connectivity index (χ4v) is 3.83. The maximum absolute atomic E-state index is 5.90. The molecule has 0 amide bonds. The van der Waals surface area contributed by atoms with E-state index in [-0.39, 0.29) is 0 Å². The molecule has 3 N–H and O–H groups in total. The summed E-state index contributed by atoms with van der Waals surface area (Å²) in [5, 5.41) is 1.30. The van der Waals surface area contributed by atoms with E-state index < -0.39 is 0 Å². The lowest BCUT2D eigenvalue weighted by molar-refractivity contribution is 0.717. The van der Waals surface area contributed by atoms with Gasteiger partial charge >= 0.3 is 0 Å². The van der Waals surface area contributed by atoms with E-state index in [4.69, 9.17) is 5.73 Å². The minimum absolute atomic E-state index is 0.364. The zero-order chi connectivity index (χ0) is 15.4. The topological polar surface area (TPSA) is 67.6 Å². The molecule has 1 saturated carbocycles. The number of fused-ring (bicyclic) bond motifs is 5. The van der Waals surface area contributed by atoms with Crippen molar-refractivity contribution in [3.63, 3.8) is 0 Å². The van der Waals surface area contributed by atoms with E-state index in [9.17, 15) is 0 Å². The SMILES string of the molecule is Nc1ncc2c(n1)-c1c([nH]c3ccc(C4CC4)cc13)CCCC2. The van der Waals surface area contributed by atoms with Crippen LogP contribution >= 0.6 is 0 Å². The van der Waals surface area contributed by atoms with Gasteiger partial charge in [0, 0.05) is 28.4 Å². The standard InChI is InChI=1S/C19H20N4/c20-19-21-10-13-3-1-2-4-16-17(18(13)23-19)14-9-12(11-5-6-11)7-8-15(14)22-16/h7-11,22H,1-6H2,(H2,20,21,23). The third kappa shape index (κ3) is 2.12. The maximum Gasteiger partial charge on any atom is 0.220 e. The minimum Gasteiger partial charge on any atom is -0.368 e. The van der Waals surface area contributed by atoms with Gasteiger partial charge in [-0.15, -0.1) is 0 Å². The Kier molecular flexibility index (Phi) is 2.75. The number of nitrogens with two attached hydrogens (primary N) is 1. The first kappa shape index (κ1) is 13.1. The van der Waals surface area contributed by atoms with Crippen molar-refractivity contribution in [2.24, 2.45) is 0 Å². The second-order valence-corrected chi connectivity index (χ2v) is 6.87. The summed E-state index contributed by atoms with van der Waals surface area (Å²) in [5.74, 6) is 1.12. The lowest BCUT2D eigenvalue weighted by Gasteiger charge is -2.14. The van der Waals surface area contributed by atoms with Gasteiger partial charge in [-0.25, -0.2) is 9.97 Å². The van der Waals surface area contributed by atoms with Crippen LogP contribution in [0.25, 0.3) is 22.2 Å². The molecule has 2 aliphatic rings. The van der Waals surface area contributed by atoms with Crippen LogP contribution in [0, 0.1) is 0 Å². The third-order valence-corrected chi connectivity index (χ3v) is 5.19. The van der Waals surface area contributed by atoms with Crippen molar-refractivity contribution >= 4 is 16.9 Å². The summed E-state index contributed by atoms with van der Waals surface area (Å²) >= 11 is 0. The second kappa shape index (κ2) is 4.82. The molecule has 1 fully saturated rings. The van der Waals surface area contributed by atoms with Gasteiger partial charge in [-0.1, -0.05) is 6.07 Å². The lowest BCUT2D eigenvalue weighted by Crippen LogP contribution is -2.05. The van der Waals surface area contributed by atoms with Gasteiger partial charge in [-0.2, -0.15) is 0 Å². The summed E-state index contributed by atoms with van der Waals surface area (Å²) in [7, 11) is 0. The van der Waals surface area contributed by atoms with E-state index in [2.05, 4.69) is 33.2 Å². The number of aromatic nitrogens is 3. The van der Waals surface area contributed by atoms with E-state index in [1.165, 1.54) is 59.0 Å². The molecule has 5 rings (SSSR count). The monoisotopic (exact) mass is 304 g/mol. The molecule has 3 aromatic rings. The van der Waals surface area contributed by atoms with Crippen molar-refractivity contribution < 1.29 is 0 Å². The van der Waals surface area contributed by atoms with Gasteiger partial charge in [0.2, 0.25) is 5.95 Å². The lowest BCUT2D eigenvalue weighted by atomic mass is 9.94. The van der Waals surface area contributed by atoms with Gasteiger partial charge in [-0.3, -0.25) is 0 Å². The van der Waals surface area contributed by atoms with E-state index >= 15 is 0 Å². The molecule has 0 aliphatic heterocycles. The largest absolute Gasteiger partial charge is 0.368 e. The van der Waals surface area contributed by atoms with E-state index in [1.54, 1.807) is 0 Å². The minimum atomic E-state index is 0.364. The fraction of sp³-hybridized carbons (Fsp3) is 0.368. The highest BCUT2D eigenvalue weighted by Gasteiger charge is 2.25. The molecule has 116 valence electrons. The number of nitrogen functional groups attached to an aromatic ring is 1. The number of rotatable bonds is 1. The molecule has 2 heterocycles. The van der Waals surface area contributed by atoms with Gasteiger partial charge < -0.3 is 10.7 Å². The van der Waals surface area contributed by atoms with Crippen molar-refractivity contribution in [2.45, 2.75) is 44.4 Å². The van der Waals surface area contributed by atoms with Crippen LogP contribution in [0.1, 0.15) is 48.4 Å². The van der Waals surface area contributed by atoms with Gasteiger partial charge in [-0.05, 0) is 67.7 Å². The Bertz CT molecular complexity index is 905. The van der Waals surface area contributed by atoms with Crippen LogP contribution in [0.2, 0.25) is 0 Å². The molecule has 0 unspecified atom stereocenters. The van der Waals surface area contributed by atoms with Gasteiger partial charge in [0.25, 0.3) is 0 Å². The smallest absolute Gasteiger partial charge is 0.220 e. The molecule has 0 bridgehead atoms. The first-order valence-electron chi connectivity index (χ1n) is 8.56. The van der Waals surface area contributed by atoms with Crippen LogP contribution < -0.4 is 5.73 Å². The van der Waals surface area contributed by atoms with Crippen LogP contribution in [0.15, 0.2) is 24.4 Å². The van der Waals surface area contributed by atoms with Crippen LogP contribution in [-0.2, 0) is 12.8 Å². The molecular weight excluding hydrogens is 284 g/mol.